The minimum atomic E-state index is -1.85. The molecular weight excluding hydrogens is 510 g/mol. The average molecular weight is 567 g/mol. The van der Waals surface area contributed by atoms with Gasteiger partial charge in [0, 0.05) is 23.7 Å². The Balaban J connectivity index is 2.31. The van der Waals surface area contributed by atoms with E-state index in [-0.39, 0.29) is 7.92 Å². The van der Waals surface area contributed by atoms with Crippen molar-refractivity contribution in [3.05, 3.63) is 64.6 Å². The summed E-state index contributed by atoms with van der Waals surface area (Å²) >= 11 is 0. The first-order valence-corrected chi connectivity index (χ1v) is 18.8. The van der Waals surface area contributed by atoms with Gasteiger partial charge in [-0.25, -0.2) is 0 Å². The Bertz CT molecular complexity index is 1150. The van der Waals surface area contributed by atoms with Gasteiger partial charge in [0.1, 0.15) is 0 Å². The third-order valence-electron chi connectivity index (χ3n) is 8.39. The number of nitrogens with one attached hydrogen (secondary N) is 1. The second-order valence-corrected chi connectivity index (χ2v) is 20.8. The van der Waals surface area contributed by atoms with Crippen LogP contribution in [0.15, 0.2) is 58.2 Å². The molecular formula is C35H56N2P2. The molecule has 2 nitrogen and oxygen atoms in total. The van der Waals surface area contributed by atoms with E-state index >= 15 is 0 Å². The SMILES string of the molecule is CC(C)c1cccc(C(C)C)c1NC1=C(P(=Nc2ccccc2P(C(C)C)C(C)C)(C(C)C)C(C)C)CCC1. The molecule has 0 aliphatic heterocycles. The third kappa shape index (κ3) is 6.76. The molecule has 0 saturated carbocycles. The summed E-state index contributed by atoms with van der Waals surface area (Å²) in [5.74, 6) is 0.962. The monoisotopic (exact) mass is 566 g/mol. The van der Waals surface area contributed by atoms with E-state index in [0.717, 1.165) is 6.42 Å². The lowest BCUT2D eigenvalue weighted by atomic mass is 9.92. The van der Waals surface area contributed by atoms with Crippen molar-refractivity contribution in [2.75, 3.05) is 5.32 Å². The highest BCUT2D eigenvalue weighted by atomic mass is 31.2. The number of nitrogens with zero attached hydrogens (tertiary/aromatic N) is 1. The van der Waals surface area contributed by atoms with Gasteiger partial charge in [-0.2, -0.15) is 0 Å². The summed E-state index contributed by atoms with van der Waals surface area (Å²) in [6.45, 7) is 28.7. The Labute approximate surface area is 242 Å². The van der Waals surface area contributed by atoms with E-state index in [1.807, 2.05) is 0 Å². The quantitative estimate of drug-likeness (QED) is 0.269. The highest BCUT2D eigenvalue weighted by molar-refractivity contribution is 7.72. The van der Waals surface area contributed by atoms with Crippen LogP contribution >= 0.6 is 15.0 Å². The first kappa shape index (κ1) is 32.2. The Morgan fingerprint density at radius 3 is 1.72 bits per heavy atom. The van der Waals surface area contributed by atoms with Crippen LogP contribution in [-0.4, -0.2) is 22.6 Å². The summed E-state index contributed by atoms with van der Waals surface area (Å²) in [6, 6.07) is 16.0. The van der Waals surface area contributed by atoms with Gasteiger partial charge >= 0.3 is 0 Å². The highest BCUT2D eigenvalue weighted by Crippen LogP contribution is 2.70. The van der Waals surface area contributed by atoms with E-state index in [4.69, 9.17) is 4.74 Å². The van der Waals surface area contributed by atoms with Crippen molar-refractivity contribution in [3.63, 3.8) is 0 Å². The van der Waals surface area contributed by atoms with Crippen LogP contribution in [0.5, 0.6) is 0 Å². The van der Waals surface area contributed by atoms with Gasteiger partial charge in [-0.15, -0.1) is 0 Å². The van der Waals surface area contributed by atoms with E-state index in [0.29, 0.717) is 34.5 Å². The van der Waals surface area contributed by atoms with Crippen molar-refractivity contribution in [1.29, 1.82) is 0 Å². The summed E-state index contributed by atoms with van der Waals surface area (Å²) in [5, 5.41) is 7.27. The molecule has 0 radical (unpaired) electrons. The minimum Gasteiger partial charge on any atom is -0.358 e. The van der Waals surface area contributed by atoms with E-state index < -0.39 is 7.05 Å². The molecule has 1 N–H and O–H groups in total. The normalized spacial score (nSPS) is 14.8. The van der Waals surface area contributed by atoms with Crippen LogP contribution in [-0.2, 0) is 0 Å². The lowest BCUT2D eigenvalue weighted by Gasteiger charge is -2.37. The van der Waals surface area contributed by atoms with E-state index in [1.54, 1.807) is 5.31 Å². The Hall–Kier alpha value is -1.36. The molecule has 1 aliphatic carbocycles. The molecule has 0 bridgehead atoms. The lowest BCUT2D eigenvalue weighted by molar-refractivity contribution is 0.834. The van der Waals surface area contributed by atoms with Crippen LogP contribution in [0.2, 0.25) is 0 Å². The third-order valence-corrected chi connectivity index (χ3v) is 16.6. The minimum absolute atomic E-state index is 0.280. The molecule has 0 saturated heterocycles. The Morgan fingerprint density at radius 2 is 1.23 bits per heavy atom. The number of hydrogen-bond acceptors (Lipinski definition) is 2. The van der Waals surface area contributed by atoms with Crippen LogP contribution in [0.3, 0.4) is 0 Å². The molecule has 0 atom stereocenters. The van der Waals surface area contributed by atoms with Crippen molar-refractivity contribution < 1.29 is 0 Å². The van der Waals surface area contributed by atoms with Gasteiger partial charge in [-0.1, -0.05) is 127 Å². The van der Waals surface area contributed by atoms with E-state index in [9.17, 15) is 0 Å². The molecule has 3 rings (SSSR count). The fourth-order valence-corrected chi connectivity index (χ4v) is 14.4. The van der Waals surface area contributed by atoms with Gasteiger partial charge in [-0.3, -0.25) is 4.74 Å². The number of hydrogen-bond donors (Lipinski definition) is 1. The maximum atomic E-state index is 5.99. The van der Waals surface area contributed by atoms with Crippen LogP contribution in [0.25, 0.3) is 0 Å². The first-order chi connectivity index (χ1) is 18.3. The zero-order valence-corrected chi connectivity index (χ0v) is 28.8. The number of para-hydroxylation sites is 1. The standard InChI is InChI=1S/C35H56N2P2/c1-23(2)29-17-15-18-30(24(3)4)35(29)36-32-20-16-22-34(32)39(27(9)10,28(11)12)37-31-19-13-14-21-33(31)38(25(5)6)26(7)8/h13-15,17-19,21,23-28,36H,16,20,22H2,1-12H3. The second kappa shape index (κ2) is 13.5. The maximum Gasteiger partial charge on any atom is 0.0694 e. The van der Waals surface area contributed by atoms with E-state index in [1.165, 1.54) is 46.3 Å². The second-order valence-electron chi connectivity index (χ2n) is 13.1. The molecule has 0 unspecified atom stereocenters. The molecule has 39 heavy (non-hydrogen) atoms. The molecule has 1 aliphatic rings. The van der Waals surface area contributed by atoms with E-state index in [2.05, 4.69) is 131 Å². The van der Waals surface area contributed by atoms with Gasteiger partial charge < -0.3 is 5.32 Å². The average Bonchev–Trinajstić information content (AvgIpc) is 3.30. The first-order valence-electron chi connectivity index (χ1n) is 15.4. The molecule has 0 aromatic heterocycles. The van der Waals surface area contributed by atoms with Gasteiger partial charge in [0.15, 0.2) is 0 Å². The van der Waals surface area contributed by atoms with Gasteiger partial charge in [0.05, 0.1) is 5.69 Å². The fourth-order valence-electron chi connectivity index (χ4n) is 6.71. The molecule has 2 aromatic rings. The van der Waals surface area contributed by atoms with Crippen LogP contribution in [0.4, 0.5) is 11.4 Å². The Morgan fingerprint density at radius 1 is 0.692 bits per heavy atom. The van der Waals surface area contributed by atoms with Crippen molar-refractivity contribution in [2.45, 2.75) is 137 Å². The van der Waals surface area contributed by atoms with Crippen LogP contribution < -0.4 is 10.6 Å². The van der Waals surface area contributed by atoms with Crippen molar-refractivity contribution in [2.24, 2.45) is 4.74 Å². The maximum absolute atomic E-state index is 5.99. The molecule has 0 spiro atoms. The molecule has 0 amide bonds. The molecule has 216 valence electrons. The lowest BCUT2D eigenvalue weighted by Crippen LogP contribution is -2.17. The highest BCUT2D eigenvalue weighted by Gasteiger charge is 2.37. The fraction of sp³-hybridized carbons (Fsp3) is 0.600. The Kier molecular flexibility index (Phi) is 11.2. The largest absolute Gasteiger partial charge is 0.358 e. The summed E-state index contributed by atoms with van der Waals surface area (Å²) < 4.78 is 5.99. The van der Waals surface area contributed by atoms with Crippen molar-refractivity contribution in [3.8, 4) is 0 Å². The van der Waals surface area contributed by atoms with Gasteiger partial charge in [0.2, 0.25) is 0 Å². The zero-order chi connectivity index (χ0) is 29.1. The number of allylic oxidation sites excluding steroid dienone is 2. The number of benzene rings is 2. The predicted molar refractivity (Wildman–Crippen MR) is 182 cm³/mol. The smallest absolute Gasteiger partial charge is 0.0694 e. The topological polar surface area (TPSA) is 24.4 Å². The predicted octanol–water partition coefficient (Wildman–Crippen LogP) is 12.0. The number of rotatable bonds is 11. The summed E-state index contributed by atoms with van der Waals surface area (Å²) in [6.07, 6.45) is 3.52. The summed E-state index contributed by atoms with van der Waals surface area (Å²) in [4.78, 5) is 0. The van der Waals surface area contributed by atoms with Crippen LogP contribution in [0.1, 0.15) is 125 Å². The number of anilines is 1. The molecule has 4 heteroatoms. The van der Waals surface area contributed by atoms with Crippen LogP contribution in [0, 0.1) is 0 Å². The van der Waals surface area contributed by atoms with Gasteiger partial charge in [-0.05, 0) is 76.2 Å². The summed E-state index contributed by atoms with van der Waals surface area (Å²) in [7, 11) is -2.14. The summed E-state index contributed by atoms with van der Waals surface area (Å²) in [5.41, 5.74) is 9.25. The van der Waals surface area contributed by atoms with Crippen molar-refractivity contribution >= 4 is 31.7 Å². The van der Waals surface area contributed by atoms with Gasteiger partial charge in [0.25, 0.3) is 0 Å². The molecule has 0 fully saturated rings. The molecule has 2 aromatic carbocycles. The zero-order valence-electron chi connectivity index (χ0n) is 27.0. The molecule has 0 heterocycles. The van der Waals surface area contributed by atoms with Crippen molar-refractivity contribution in [1.82, 2.24) is 0 Å².